The molecule has 1 saturated heterocycles. The Morgan fingerprint density at radius 2 is 2.25 bits per heavy atom. The SMILES string of the molecule is CCc1ncnc(OC2CCN(C(=O)CSc3nc4ccccc4o3)C2)c1F. The smallest absolute Gasteiger partial charge is 0.257 e. The molecule has 0 spiro atoms. The van der Waals surface area contributed by atoms with Crippen LogP contribution in [0.3, 0.4) is 0 Å². The monoisotopic (exact) mass is 402 g/mol. The molecular formula is C19H19FN4O3S. The summed E-state index contributed by atoms with van der Waals surface area (Å²) in [6, 6.07) is 7.47. The average molecular weight is 402 g/mol. The van der Waals surface area contributed by atoms with E-state index in [1.165, 1.54) is 18.1 Å². The average Bonchev–Trinajstić information content (AvgIpc) is 3.34. The Balaban J connectivity index is 1.31. The summed E-state index contributed by atoms with van der Waals surface area (Å²) < 4.78 is 25.5. The third-order valence-corrected chi connectivity index (χ3v) is 5.35. The Morgan fingerprint density at radius 1 is 1.39 bits per heavy atom. The Morgan fingerprint density at radius 3 is 3.07 bits per heavy atom. The lowest BCUT2D eigenvalue weighted by atomic mass is 10.3. The van der Waals surface area contributed by atoms with Crippen molar-refractivity contribution < 1.29 is 18.3 Å². The normalized spacial score (nSPS) is 16.6. The van der Waals surface area contributed by atoms with Crippen LogP contribution in [0.4, 0.5) is 4.39 Å². The molecule has 3 aromatic rings. The van der Waals surface area contributed by atoms with Crippen LogP contribution in [0, 0.1) is 5.82 Å². The zero-order chi connectivity index (χ0) is 19.5. The van der Waals surface area contributed by atoms with E-state index in [9.17, 15) is 9.18 Å². The fourth-order valence-corrected chi connectivity index (χ4v) is 3.79. The second-order valence-electron chi connectivity index (χ2n) is 6.40. The summed E-state index contributed by atoms with van der Waals surface area (Å²) in [6.07, 6.45) is 2.11. The number of carbonyl (C=O) groups excluding carboxylic acids is 1. The number of thioether (sulfide) groups is 1. The van der Waals surface area contributed by atoms with E-state index >= 15 is 0 Å². The van der Waals surface area contributed by atoms with Gasteiger partial charge in [-0.15, -0.1) is 0 Å². The van der Waals surface area contributed by atoms with Crippen LogP contribution in [0.5, 0.6) is 5.88 Å². The van der Waals surface area contributed by atoms with Gasteiger partial charge in [-0.3, -0.25) is 4.79 Å². The molecule has 1 unspecified atom stereocenters. The molecule has 0 saturated carbocycles. The zero-order valence-corrected chi connectivity index (χ0v) is 16.1. The van der Waals surface area contributed by atoms with Crippen LogP contribution >= 0.6 is 11.8 Å². The fourth-order valence-electron chi connectivity index (χ4n) is 3.05. The van der Waals surface area contributed by atoms with Crippen LogP contribution in [-0.4, -0.2) is 50.7 Å². The Kier molecular flexibility index (Phi) is 5.43. The number of para-hydroxylation sites is 2. The molecule has 1 atom stereocenters. The molecule has 1 aromatic carbocycles. The fraction of sp³-hybridized carbons (Fsp3) is 0.368. The number of fused-ring (bicyclic) bond motifs is 1. The summed E-state index contributed by atoms with van der Waals surface area (Å²) in [7, 11) is 0. The maximum Gasteiger partial charge on any atom is 0.257 e. The van der Waals surface area contributed by atoms with Crippen LogP contribution < -0.4 is 4.74 Å². The van der Waals surface area contributed by atoms with E-state index in [1.807, 2.05) is 31.2 Å². The number of carbonyl (C=O) groups is 1. The van der Waals surface area contributed by atoms with Gasteiger partial charge < -0.3 is 14.1 Å². The van der Waals surface area contributed by atoms with Crippen LogP contribution in [0.2, 0.25) is 0 Å². The number of rotatable bonds is 6. The first-order chi connectivity index (χ1) is 13.6. The largest absolute Gasteiger partial charge is 0.470 e. The number of oxazole rings is 1. The summed E-state index contributed by atoms with van der Waals surface area (Å²) in [4.78, 5) is 26.3. The summed E-state index contributed by atoms with van der Waals surface area (Å²) >= 11 is 1.26. The molecule has 9 heteroatoms. The number of aromatic nitrogens is 3. The number of ether oxygens (including phenoxy) is 1. The molecule has 0 N–H and O–H groups in total. The number of aryl methyl sites for hydroxylation is 1. The Labute approximate surface area is 165 Å². The number of halogens is 1. The van der Waals surface area contributed by atoms with Crippen LogP contribution in [0.25, 0.3) is 11.1 Å². The van der Waals surface area contributed by atoms with Crippen molar-refractivity contribution in [3.05, 3.63) is 42.1 Å². The molecule has 1 amide bonds. The summed E-state index contributed by atoms with van der Waals surface area (Å²) in [6.45, 7) is 2.78. The first-order valence-electron chi connectivity index (χ1n) is 9.06. The summed E-state index contributed by atoms with van der Waals surface area (Å²) in [5.41, 5.74) is 1.79. The molecule has 1 fully saturated rings. The number of nitrogens with zero attached hydrogens (tertiary/aromatic N) is 4. The van der Waals surface area contributed by atoms with Crippen molar-refractivity contribution in [2.45, 2.75) is 31.1 Å². The lowest BCUT2D eigenvalue weighted by Crippen LogP contribution is -2.32. The first kappa shape index (κ1) is 18.7. The highest BCUT2D eigenvalue weighted by Crippen LogP contribution is 2.25. The minimum Gasteiger partial charge on any atom is -0.470 e. The van der Waals surface area contributed by atoms with Gasteiger partial charge in [0.2, 0.25) is 11.7 Å². The lowest BCUT2D eigenvalue weighted by molar-refractivity contribution is -0.127. The molecule has 4 rings (SSSR count). The molecule has 7 nitrogen and oxygen atoms in total. The third kappa shape index (κ3) is 3.94. The van der Waals surface area contributed by atoms with E-state index in [4.69, 9.17) is 9.15 Å². The minimum absolute atomic E-state index is 0.0317. The molecule has 1 aliphatic heterocycles. The van der Waals surface area contributed by atoms with Gasteiger partial charge in [0.05, 0.1) is 18.0 Å². The number of hydrogen-bond donors (Lipinski definition) is 0. The van der Waals surface area contributed by atoms with E-state index < -0.39 is 5.82 Å². The van der Waals surface area contributed by atoms with Gasteiger partial charge in [-0.05, 0) is 18.6 Å². The standard InChI is InChI=1S/C19H19FN4O3S/c1-2-13-17(20)18(22-11-21-13)26-12-7-8-24(9-12)16(25)10-28-19-23-14-5-3-4-6-15(14)27-19/h3-6,11-12H,2,7-10H2,1H3. The number of likely N-dealkylation sites (tertiary alicyclic amines) is 1. The predicted octanol–water partition coefficient (Wildman–Crippen LogP) is 3.09. The van der Waals surface area contributed by atoms with E-state index in [1.54, 1.807) is 4.90 Å². The minimum atomic E-state index is -0.527. The Bertz CT molecular complexity index is 963. The topological polar surface area (TPSA) is 81.4 Å². The molecular weight excluding hydrogens is 383 g/mol. The third-order valence-electron chi connectivity index (χ3n) is 4.53. The molecule has 0 aliphatic carbocycles. The van der Waals surface area contributed by atoms with Crippen LogP contribution in [0.15, 0.2) is 40.2 Å². The van der Waals surface area contributed by atoms with Crippen molar-refractivity contribution in [3.63, 3.8) is 0 Å². The van der Waals surface area contributed by atoms with Gasteiger partial charge >= 0.3 is 0 Å². The number of hydrogen-bond acceptors (Lipinski definition) is 7. The van der Waals surface area contributed by atoms with Gasteiger partial charge in [0.1, 0.15) is 17.9 Å². The van der Waals surface area contributed by atoms with Crippen molar-refractivity contribution in [3.8, 4) is 5.88 Å². The van der Waals surface area contributed by atoms with Crippen molar-refractivity contribution in [2.75, 3.05) is 18.8 Å². The van der Waals surface area contributed by atoms with Crippen molar-refractivity contribution in [2.24, 2.45) is 0 Å². The van der Waals surface area contributed by atoms with E-state index in [2.05, 4.69) is 15.0 Å². The van der Waals surface area contributed by atoms with Gasteiger partial charge in [0, 0.05) is 13.0 Å². The zero-order valence-electron chi connectivity index (χ0n) is 15.3. The van der Waals surface area contributed by atoms with Gasteiger partial charge in [-0.1, -0.05) is 30.8 Å². The quantitative estimate of drug-likeness (QED) is 0.586. The number of amides is 1. The molecule has 2 aromatic heterocycles. The summed E-state index contributed by atoms with van der Waals surface area (Å²) in [5, 5.41) is 0.469. The molecule has 0 bridgehead atoms. The maximum absolute atomic E-state index is 14.2. The highest BCUT2D eigenvalue weighted by atomic mass is 32.2. The van der Waals surface area contributed by atoms with E-state index in [0.29, 0.717) is 42.4 Å². The lowest BCUT2D eigenvalue weighted by Gasteiger charge is -2.16. The molecule has 0 radical (unpaired) electrons. The van der Waals surface area contributed by atoms with Crippen molar-refractivity contribution in [1.29, 1.82) is 0 Å². The molecule has 28 heavy (non-hydrogen) atoms. The maximum atomic E-state index is 14.2. The van der Waals surface area contributed by atoms with E-state index in [-0.39, 0.29) is 23.6 Å². The number of benzene rings is 1. The van der Waals surface area contributed by atoms with Gasteiger partial charge in [-0.25, -0.2) is 9.97 Å². The van der Waals surface area contributed by atoms with Crippen molar-refractivity contribution >= 4 is 28.8 Å². The molecule has 146 valence electrons. The highest BCUT2D eigenvalue weighted by molar-refractivity contribution is 7.99. The van der Waals surface area contributed by atoms with Crippen molar-refractivity contribution in [1.82, 2.24) is 19.9 Å². The van der Waals surface area contributed by atoms with Gasteiger partial charge in [0.15, 0.2) is 5.58 Å². The molecule has 3 heterocycles. The van der Waals surface area contributed by atoms with Crippen LogP contribution in [-0.2, 0) is 11.2 Å². The highest BCUT2D eigenvalue weighted by Gasteiger charge is 2.29. The van der Waals surface area contributed by atoms with Gasteiger partial charge in [-0.2, -0.15) is 9.37 Å². The summed E-state index contributed by atoms with van der Waals surface area (Å²) in [5.74, 6) is -0.384. The van der Waals surface area contributed by atoms with Gasteiger partial charge in [0.25, 0.3) is 11.1 Å². The Hall–Kier alpha value is -2.68. The predicted molar refractivity (Wildman–Crippen MR) is 102 cm³/mol. The van der Waals surface area contributed by atoms with E-state index in [0.717, 1.165) is 5.52 Å². The first-order valence-corrected chi connectivity index (χ1v) is 10.0. The second-order valence-corrected chi connectivity index (χ2v) is 7.32. The molecule has 1 aliphatic rings. The van der Waals surface area contributed by atoms with Crippen LogP contribution in [0.1, 0.15) is 19.0 Å². The second kappa shape index (κ2) is 8.14.